The SMILES string of the molecule is COc1ccc(-c2ccc(-c3cn(C(=O)N4CCCC[C@H]4c4ccc(CCCOCc5cn(CCOCCOCCOCCOCCOc6cc(-c7scnc7C)ccc6CNC(=O)[C@@H]6C[C@@H](O)CN6C(O)[C@@H](NC(=O)C6(C#N)CC6)C(C)(C)C)nn5)cc4)nn3)cc2)cc1. The van der Waals surface area contributed by atoms with E-state index in [2.05, 4.69) is 66.6 Å². The molecule has 7 aromatic rings. The van der Waals surface area contributed by atoms with Crippen LogP contribution in [0.2, 0.25) is 0 Å². The molecule has 4 aromatic carbocycles. The smallest absolute Gasteiger partial charge is 0.346 e. The Hall–Kier alpha value is -8.03. The van der Waals surface area contributed by atoms with Crippen LogP contribution < -0.4 is 20.1 Å². The second kappa shape index (κ2) is 33.6. The predicted molar refractivity (Wildman–Crippen MR) is 355 cm³/mol. The zero-order chi connectivity index (χ0) is 66.7. The van der Waals surface area contributed by atoms with Gasteiger partial charge < -0.3 is 58.9 Å². The summed E-state index contributed by atoms with van der Waals surface area (Å²) in [5.41, 5.74) is 9.32. The van der Waals surface area contributed by atoms with Crippen molar-refractivity contribution in [2.24, 2.45) is 10.8 Å². The number of nitrogens with zero attached hydrogens (tertiary/aromatic N) is 10. The number of carbonyl (C=O) groups is 3. The van der Waals surface area contributed by atoms with Crippen molar-refractivity contribution < 1.29 is 57.8 Å². The second-order valence-corrected chi connectivity index (χ2v) is 26.2. The van der Waals surface area contributed by atoms with Gasteiger partial charge in [-0.05, 0) is 110 Å². The fraction of sp³-hybridized carbons (Fsp3) is 0.500. The van der Waals surface area contributed by atoms with Crippen LogP contribution in [0.3, 0.4) is 0 Å². The Bertz CT molecular complexity index is 3640. The molecule has 0 radical (unpaired) electrons. The third-order valence-corrected chi connectivity index (χ3v) is 18.4. The van der Waals surface area contributed by atoms with Gasteiger partial charge in [-0.15, -0.1) is 21.5 Å². The number of benzene rings is 4. The van der Waals surface area contributed by atoms with Gasteiger partial charge in [0.05, 0.1) is 132 Å². The number of thiazole rings is 1. The number of β-amino-alcohol motifs (C(OH)–C–C–N with tert-alkyl or cyclic N) is 1. The van der Waals surface area contributed by atoms with Gasteiger partial charge >= 0.3 is 6.03 Å². The van der Waals surface area contributed by atoms with E-state index in [4.69, 9.17) is 33.2 Å². The van der Waals surface area contributed by atoms with Gasteiger partial charge in [-0.1, -0.05) is 104 Å². The molecule has 506 valence electrons. The Morgan fingerprint density at radius 1 is 0.800 bits per heavy atom. The zero-order valence-corrected chi connectivity index (χ0v) is 55.7. The maximum absolute atomic E-state index is 13.9. The molecule has 0 spiro atoms. The minimum atomic E-state index is -1.31. The van der Waals surface area contributed by atoms with Gasteiger partial charge in [0.25, 0.3) is 0 Å². The summed E-state index contributed by atoms with van der Waals surface area (Å²) in [6.45, 7) is 13.2. The average Bonchev–Trinajstić information content (AvgIpc) is 1.67. The van der Waals surface area contributed by atoms with Gasteiger partial charge in [0.2, 0.25) is 11.8 Å². The number of aliphatic hydroxyl groups excluding tert-OH is 2. The quantitative estimate of drug-likeness (QED) is 0.0276. The zero-order valence-electron chi connectivity index (χ0n) is 54.9. The van der Waals surface area contributed by atoms with Crippen LogP contribution in [0.4, 0.5) is 4.79 Å². The summed E-state index contributed by atoms with van der Waals surface area (Å²) in [6.07, 6.45) is 6.99. The number of aryl methyl sites for hydroxylation is 2. The van der Waals surface area contributed by atoms with Crippen LogP contribution in [0.1, 0.15) is 99.8 Å². The second-order valence-electron chi connectivity index (χ2n) is 25.3. The molecule has 3 amide bonds. The summed E-state index contributed by atoms with van der Waals surface area (Å²) in [7, 11) is 1.65. The van der Waals surface area contributed by atoms with Gasteiger partial charge in [-0.2, -0.15) is 9.94 Å². The summed E-state index contributed by atoms with van der Waals surface area (Å²) in [5.74, 6) is 0.544. The van der Waals surface area contributed by atoms with E-state index in [1.165, 1.54) is 26.5 Å². The molecule has 25 heteroatoms. The number of nitrogens with one attached hydrogen (secondary N) is 2. The van der Waals surface area contributed by atoms with Crippen molar-refractivity contribution in [2.45, 2.75) is 129 Å². The first-order valence-corrected chi connectivity index (χ1v) is 33.6. The van der Waals surface area contributed by atoms with Crippen molar-refractivity contribution in [1.82, 2.24) is 55.4 Å². The summed E-state index contributed by atoms with van der Waals surface area (Å²) in [6, 6.07) is 30.6. The molecule has 95 heavy (non-hydrogen) atoms. The van der Waals surface area contributed by atoms with Gasteiger partial charge in [-0.25, -0.2) is 14.5 Å². The first-order valence-electron chi connectivity index (χ1n) is 32.7. The molecular weight excluding hydrogens is 1230 g/mol. The van der Waals surface area contributed by atoms with Gasteiger partial charge in [0.1, 0.15) is 41.1 Å². The highest BCUT2D eigenvalue weighted by atomic mass is 32.1. The molecule has 1 saturated carbocycles. The molecule has 1 aliphatic carbocycles. The van der Waals surface area contributed by atoms with E-state index in [9.17, 15) is 29.9 Å². The maximum atomic E-state index is 13.9. The van der Waals surface area contributed by atoms with E-state index < -0.39 is 47.1 Å². The summed E-state index contributed by atoms with van der Waals surface area (Å²) in [4.78, 5) is 49.8. The number of aromatic nitrogens is 7. The van der Waals surface area contributed by atoms with E-state index >= 15 is 0 Å². The molecule has 4 N–H and O–H groups in total. The van der Waals surface area contributed by atoms with Crippen molar-refractivity contribution in [3.8, 4) is 50.4 Å². The Balaban J connectivity index is 0.558. The largest absolute Gasteiger partial charge is 0.497 e. The number of piperidine rings is 1. The van der Waals surface area contributed by atoms with E-state index in [0.29, 0.717) is 96.8 Å². The van der Waals surface area contributed by atoms with Crippen LogP contribution in [0.15, 0.2) is 109 Å². The number of methoxy groups -OCH3 is 1. The fourth-order valence-corrected chi connectivity index (χ4v) is 12.6. The lowest BCUT2D eigenvalue weighted by Crippen LogP contribution is -2.61. The van der Waals surface area contributed by atoms with Crippen molar-refractivity contribution in [3.05, 3.63) is 137 Å². The number of ether oxygens (including phenoxy) is 7. The molecule has 5 heterocycles. The molecular formula is C70H88N12O12S. The van der Waals surface area contributed by atoms with E-state index in [1.807, 2.05) is 106 Å². The van der Waals surface area contributed by atoms with Gasteiger partial charge in [-0.3, -0.25) is 14.5 Å². The highest BCUT2D eigenvalue weighted by molar-refractivity contribution is 7.13. The maximum Gasteiger partial charge on any atom is 0.346 e. The Kier molecular flexibility index (Phi) is 24.7. The van der Waals surface area contributed by atoms with Crippen LogP contribution >= 0.6 is 11.3 Å². The number of hydrogen-bond acceptors (Lipinski definition) is 20. The molecule has 3 aliphatic rings. The van der Waals surface area contributed by atoms with E-state index in [1.54, 1.807) is 23.5 Å². The molecule has 10 rings (SSSR count). The minimum Gasteiger partial charge on any atom is -0.497 e. The van der Waals surface area contributed by atoms with Crippen molar-refractivity contribution >= 4 is 29.2 Å². The normalized spacial score (nSPS) is 17.7. The average molecular weight is 1320 g/mol. The molecule has 3 fully saturated rings. The topological polar surface area (TPSA) is 285 Å². The van der Waals surface area contributed by atoms with E-state index in [0.717, 1.165) is 87.5 Å². The lowest BCUT2D eigenvalue weighted by Gasteiger charge is -2.41. The van der Waals surface area contributed by atoms with Gasteiger partial charge in [0.15, 0.2) is 0 Å². The third kappa shape index (κ3) is 18.9. The summed E-state index contributed by atoms with van der Waals surface area (Å²) < 4.78 is 43.6. The van der Waals surface area contributed by atoms with Crippen molar-refractivity contribution in [1.29, 1.82) is 5.26 Å². The number of amides is 3. The van der Waals surface area contributed by atoms with Crippen LogP contribution in [0.25, 0.3) is 32.8 Å². The molecule has 24 nitrogen and oxygen atoms in total. The Morgan fingerprint density at radius 3 is 2.14 bits per heavy atom. The summed E-state index contributed by atoms with van der Waals surface area (Å²) in [5, 5.41) is 55.1. The molecule has 3 aromatic heterocycles. The van der Waals surface area contributed by atoms with Crippen LogP contribution in [0.5, 0.6) is 11.5 Å². The molecule has 0 bridgehead atoms. The Labute approximate surface area is 558 Å². The number of carbonyl (C=O) groups excluding carboxylic acids is 3. The highest BCUT2D eigenvalue weighted by Crippen LogP contribution is 2.46. The molecule has 1 unspecified atom stereocenters. The monoisotopic (exact) mass is 1320 g/mol. The Morgan fingerprint density at radius 2 is 1.47 bits per heavy atom. The third-order valence-electron chi connectivity index (χ3n) is 17.5. The van der Waals surface area contributed by atoms with Crippen LogP contribution in [-0.4, -0.2) is 184 Å². The number of likely N-dealkylation sites (tertiary alicyclic amines) is 2. The highest BCUT2D eigenvalue weighted by Gasteiger charge is 2.53. The standard InChI is InChI=1S/C70H88N12O12S/c1-48-63(95-47-73-48)54-19-20-55(41-72-65(84)61-40-57(83)43-81(61)66(85)64(69(2,3)4)74-67(86)70(46-71)25-26-70)62(39-54)94-38-37-92-36-35-91-34-33-90-32-31-89-30-28-79-42-56(75-77-79)45-93-29-8-9-49-11-13-53(14-12-49)60-10-6-7-27-80(60)68(87)82-44-59(76-78-82)52-17-15-50(16-18-52)51-21-23-58(88-5)24-22-51/h11-24,39,42,44,47,57,60-61,64,66,83,85H,6-10,25-38,40-41,43,45H2,1-5H3,(H,72,84)(H,74,86)/t57-,60+,61+,64-,66?/m1/s1. The van der Waals surface area contributed by atoms with E-state index in [-0.39, 0.29) is 44.8 Å². The van der Waals surface area contributed by atoms with Crippen molar-refractivity contribution in [2.75, 3.05) is 86.3 Å². The van der Waals surface area contributed by atoms with Crippen molar-refractivity contribution in [3.63, 3.8) is 0 Å². The minimum absolute atomic E-state index is 0.0312. The van der Waals surface area contributed by atoms with Crippen LogP contribution in [-0.2, 0) is 59.4 Å². The number of rotatable bonds is 34. The number of nitriles is 1. The first-order chi connectivity index (χ1) is 46.1. The molecule has 2 saturated heterocycles. The fourth-order valence-electron chi connectivity index (χ4n) is 11.8. The number of hydrogen-bond donors (Lipinski definition) is 4. The van der Waals surface area contributed by atoms with Crippen LogP contribution in [0, 0.1) is 29.1 Å². The predicted octanol–water partition coefficient (Wildman–Crippen LogP) is 8.34. The van der Waals surface area contributed by atoms with Gasteiger partial charge in [0, 0.05) is 37.4 Å². The summed E-state index contributed by atoms with van der Waals surface area (Å²) >= 11 is 1.52. The molecule has 2 aliphatic heterocycles. The lowest BCUT2D eigenvalue weighted by molar-refractivity contribution is -0.136. The molecule has 5 atom stereocenters. The lowest BCUT2D eigenvalue weighted by atomic mass is 9.84. The first kappa shape index (κ1) is 69.8. The number of aliphatic hydroxyl groups is 2.